The summed E-state index contributed by atoms with van der Waals surface area (Å²) >= 11 is 2.19. The highest BCUT2D eigenvalue weighted by Crippen LogP contribution is 2.10. The quantitative estimate of drug-likeness (QED) is 0.744. The lowest BCUT2D eigenvalue weighted by Gasteiger charge is -2.08. The summed E-state index contributed by atoms with van der Waals surface area (Å²) in [6.07, 6.45) is -0.535. The monoisotopic (exact) mass is 320 g/mol. The van der Waals surface area contributed by atoms with Crippen molar-refractivity contribution in [2.45, 2.75) is 13.0 Å². The summed E-state index contributed by atoms with van der Waals surface area (Å²) in [6, 6.07) is 7.15. The smallest absolute Gasteiger partial charge is 0.319 e. The Balaban J connectivity index is 2.41. The van der Waals surface area contributed by atoms with E-state index in [1.54, 1.807) is 6.92 Å². The van der Waals surface area contributed by atoms with Crippen LogP contribution in [0, 0.1) is 3.57 Å². The Hall–Kier alpha value is -0.820. The molecule has 0 spiro atoms. The second-order valence-electron chi connectivity index (χ2n) is 3.19. The Morgan fingerprint density at radius 3 is 2.60 bits per heavy atom. The molecule has 0 aliphatic rings. The molecule has 0 aromatic heterocycles. The van der Waals surface area contributed by atoms with E-state index in [-0.39, 0.29) is 12.6 Å². The minimum Gasteiger partial charge on any atom is -0.392 e. The largest absolute Gasteiger partial charge is 0.392 e. The van der Waals surface area contributed by atoms with Gasteiger partial charge in [0.25, 0.3) is 0 Å². The zero-order valence-electron chi connectivity index (χ0n) is 8.33. The lowest BCUT2D eigenvalue weighted by molar-refractivity contribution is 0.190. The first-order chi connectivity index (χ1) is 7.08. The minimum atomic E-state index is -0.535. The number of hydrogen-bond acceptors (Lipinski definition) is 2. The molecule has 0 aliphatic heterocycles. The molecule has 1 aromatic carbocycles. The molecule has 0 radical (unpaired) electrons. The Kier molecular flexibility index (Phi) is 4.83. The molecule has 1 rings (SSSR count). The highest BCUT2D eigenvalue weighted by Gasteiger charge is 2.02. The fourth-order valence-electron chi connectivity index (χ4n) is 0.949. The number of anilines is 1. The maximum Gasteiger partial charge on any atom is 0.319 e. The molecule has 82 valence electrons. The second kappa shape index (κ2) is 5.92. The van der Waals surface area contributed by atoms with Crippen LogP contribution in [0.2, 0.25) is 0 Å². The molecule has 5 heteroatoms. The van der Waals surface area contributed by atoms with Gasteiger partial charge >= 0.3 is 6.03 Å². The van der Waals surface area contributed by atoms with E-state index < -0.39 is 6.10 Å². The van der Waals surface area contributed by atoms with Gasteiger partial charge in [0.05, 0.1) is 6.10 Å². The van der Waals surface area contributed by atoms with Crippen molar-refractivity contribution in [1.29, 1.82) is 0 Å². The summed E-state index contributed by atoms with van der Waals surface area (Å²) in [5.41, 5.74) is 0.735. The number of benzene rings is 1. The standard InChI is InChI=1S/C10H13IN2O2/c1-7(14)6-12-10(15)13-9-4-2-8(11)3-5-9/h2-5,7,14H,6H2,1H3,(H2,12,13,15). The number of carbonyl (C=O) groups is 1. The van der Waals surface area contributed by atoms with Gasteiger partial charge in [0.1, 0.15) is 0 Å². The van der Waals surface area contributed by atoms with Crippen LogP contribution in [0.3, 0.4) is 0 Å². The number of aliphatic hydroxyl groups excluding tert-OH is 1. The Labute approximate surface area is 102 Å². The van der Waals surface area contributed by atoms with Crippen molar-refractivity contribution in [2.75, 3.05) is 11.9 Å². The molecule has 1 unspecified atom stereocenters. The molecule has 3 N–H and O–H groups in total. The fourth-order valence-corrected chi connectivity index (χ4v) is 1.31. The molecule has 0 fully saturated rings. The number of rotatable bonds is 3. The molecule has 2 amide bonds. The van der Waals surface area contributed by atoms with E-state index in [1.807, 2.05) is 24.3 Å². The maximum atomic E-state index is 11.3. The normalized spacial score (nSPS) is 11.9. The Morgan fingerprint density at radius 1 is 1.47 bits per heavy atom. The van der Waals surface area contributed by atoms with Gasteiger partial charge < -0.3 is 15.7 Å². The SMILES string of the molecule is CC(O)CNC(=O)Nc1ccc(I)cc1. The number of nitrogens with one attached hydrogen (secondary N) is 2. The van der Waals surface area contributed by atoms with Gasteiger partial charge in [0.15, 0.2) is 0 Å². The second-order valence-corrected chi connectivity index (χ2v) is 4.44. The van der Waals surface area contributed by atoms with Crippen molar-refractivity contribution in [3.63, 3.8) is 0 Å². The third kappa shape index (κ3) is 4.98. The molecule has 0 saturated carbocycles. The number of aliphatic hydroxyl groups is 1. The van der Waals surface area contributed by atoms with Crippen LogP contribution in [-0.4, -0.2) is 23.8 Å². The first kappa shape index (κ1) is 12.3. The van der Waals surface area contributed by atoms with E-state index in [9.17, 15) is 4.79 Å². The molecule has 15 heavy (non-hydrogen) atoms. The third-order valence-electron chi connectivity index (χ3n) is 1.66. The molecular formula is C10H13IN2O2. The summed E-state index contributed by atoms with van der Waals surface area (Å²) in [5, 5.41) is 14.2. The lowest BCUT2D eigenvalue weighted by Crippen LogP contribution is -2.34. The summed E-state index contributed by atoms with van der Waals surface area (Å²) in [7, 11) is 0. The van der Waals surface area contributed by atoms with Crippen LogP contribution in [0.4, 0.5) is 10.5 Å². The van der Waals surface area contributed by atoms with Crippen molar-refractivity contribution < 1.29 is 9.90 Å². The van der Waals surface area contributed by atoms with Gasteiger partial charge in [-0.05, 0) is 53.8 Å². The summed E-state index contributed by atoms with van der Waals surface area (Å²) < 4.78 is 1.11. The maximum absolute atomic E-state index is 11.3. The number of urea groups is 1. The third-order valence-corrected chi connectivity index (χ3v) is 2.38. The first-order valence-electron chi connectivity index (χ1n) is 4.56. The van der Waals surface area contributed by atoms with E-state index in [0.29, 0.717) is 0 Å². The predicted molar refractivity (Wildman–Crippen MR) is 67.9 cm³/mol. The van der Waals surface area contributed by atoms with Gasteiger partial charge in [-0.15, -0.1) is 0 Å². The van der Waals surface area contributed by atoms with Crippen molar-refractivity contribution in [1.82, 2.24) is 5.32 Å². The van der Waals surface area contributed by atoms with Gasteiger partial charge in [-0.2, -0.15) is 0 Å². The first-order valence-corrected chi connectivity index (χ1v) is 5.64. The van der Waals surface area contributed by atoms with Crippen LogP contribution in [0.15, 0.2) is 24.3 Å². The van der Waals surface area contributed by atoms with E-state index in [0.717, 1.165) is 9.26 Å². The molecule has 0 heterocycles. The van der Waals surface area contributed by atoms with E-state index in [2.05, 4.69) is 33.2 Å². The van der Waals surface area contributed by atoms with Crippen molar-refractivity contribution in [3.8, 4) is 0 Å². The number of carbonyl (C=O) groups excluding carboxylic acids is 1. The van der Waals surface area contributed by atoms with Gasteiger partial charge in [-0.1, -0.05) is 0 Å². The topological polar surface area (TPSA) is 61.4 Å². The average molecular weight is 320 g/mol. The molecule has 4 nitrogen and oxygen atoms in total. The lowest BCUT2D eigenvalue weighted by atomic mass is 10.3. The summed E-state index contributed by atoms with van der Waals surface area (Å²) in [4.78, 5) is 11.3. The molecule has 0 bridgehead atoms. The van der Waals surface area contributed by atoms with Crippen LogP contribution >= 0.6 is 22.6 Å². The van der Waals surface area contributed by atoms with Gasteiger partial charge in [0.2, 0.25) is 0 Å². The predicted octanol–water partition coefficient (Wildman–Crippen LogP) is 1.79. The van der Waals surface area contributed by atoms with Crippen LogP contribution in [0.25, 0.3) is 0 Å². The minimum absolute atomic E-state index is 0.246. The Bertz CT molecular complexity index is 325. The van der Waals surface area contributed by atoms with Crippen LogP contribution in [-0.2, 0) is 0 Å². The zero-order valence-corrected chi connectivity index (χ0v) is 10.5. The summed E-state index contributed by atoms with van der Waals surface area (Å²) in [6.45, 7) is 1.86. The molecule has 0 aliphatic carbocycles. The highest BCUT2D eigenvalue weighted by atomic mass is 127. The number of amides is 2. The van der Waals surface area contributed by atoms with Gasteiger partial charge in [-0.3, -0.25) is 0 Å². The van der Waals surface area contributed by atoms with E-state index in [4.69, 9.17) is 5.11 Å². The van der Waals surface area contributed by atoms with E-state index in [1.165, 1.54) is 0 Å². The molecule has 1 atom stereocenters. The van der Waals surface area contributed by atoms with Crippen LogP contribution in [0.1, 0.15) is 6.92 Å². The van der Waals surface area contributed by atoms with Crippen LogP contribution < -0.4 is 10.6 Å². The highest BCUT2D eigenvalue weighted by molar-refractivity contribution is 14.1. The van der Waals surface area contributed by atoms with Crippen molar-refractivity contribution in [2.24, 2.45) is 0 Å². The fraction of sp³-hybridized carbons (Fsp3) is 0.300. The number of hydrogen-bond donors (Lipinski definition) is 3. The van der Waals surface area contributed by atoms with E-state index >= 15 is 0 Å². The van der Waals surface area contributed by atoms with Gasteiger partial charge in [-0.25, -0.2) is 4.79 Å². The Morgan fingerprint density at radius 2 is 2.07 bits per heavy atom. The van der Waals surface area contributed by atoms with Gasteiger partial charge in [0, 0.05) is 15.8 Å². The number of halogens is 1. The van der Waals surface area contributed by atoms with Crippen LogP contribution in [0.5, 0.6) is 0 Å². The van der Waals surface area contributed by atoms with Crippen molar-refractivity contribution >= 4 is 34.3 Å². The zero-order chi connectivity index (χ0) is 11.3. The average Bonchev–Trinajstić information content (AvgIpc) is 2.19. The summed E-state index contributed by atoms with van der Waals surface area (Å²) in [5.74, 6) is 0. The van der Waals surface area contributed by atoms with Crippen molar-refractivity contribution in [3.05, 3.63) is 27.8 Å². The molecule has 1 aromatic rings. The molecule has 0 saturated heterocycles. The molecular weight excluding hydrogens is 307 g/mol.